The maximum atomic E-state index is 12.1. The predicted molar refractivity (Wildman–Crippen MR) is 68.8 cm³/mol. The molecule has 106 valence electrons. The Labute approximate surface area is 112 Å². The fraction of sp³-hybridized carbons (Fsp3) is 0.692. The predicted octanol–water partition coefficient (Wildman–Crippen LogP) is 0.836. The normalized spacial score (nSPS) is 30.1. The van der Waals surface area contributed by atoms with Crippen LogP contribution in [0, 0.1) is 5.92 Å². The molecule has 0 radical (unpaired) electrons. The molecule has 6 heteroatoms. The second-order valence-corrected chi connectivity index (χ2v) is 5.09. The van der Waals surface area contributed by atoms with Crippen LogP contribution in [0.4, 0.5) is 4.79 Å². The molecule has 0 aromatic heterocycles. The highest BCUT2D eigenvalue weighted by Crippen LogP contribution is 2.19. The Hall–Kier alpha value is -1.56. The van der Waals surface area contributed by atoms with Crippen molar-refractivity contribution in [1.82, 2.24) is 10.2 Å². The van der Waals surface area contributed by atoms with Gasteiger partial charge in [-0.2, -0.15) is 0 Å². The number of hydrogen-bond donors (Lipinski definition) is 2. The lowest BCUT2D eigenvalue weighted by molar-refractivity contribution is -0.142. The minimum absolute atomic E-state index is 0.144. The standard InChI is InChI=1S/C13H20N2O4/c1-15(11-8-19-7-10(11)12(16)17)13(18)14-9-5-3-2-4-6-9/h2-3,9-11H,4-8H2,1H3,(H,14,18)(H,16,17). The summed E-state index contributed by atoms with van der Waals surface area (Å²) in [4.78, 5) is 24.7. The molecule has 2 rings (SSSR count). The Morgan fingerprint density at radius 3 is 2.79 bits per heavy atom. The van der Waals surface area contributed by atoms with E-state index in [9.17, 15) is 9.59 Å². The first kappa shape index (κ1) is 13.9. The Morgan fingerprint density at radius 1 is 1.37 bits per heavy atom. The van der Waals surface area contributed by atoms with Crippen molar-refractivity contribution in [3.8, 4) is 0 Å². The summed E-state index contributed by atoms with van der Waals surface area (Å²) in [6, 6.07) is -0.468. The highest BCUT2D eigenvalue weighted by atomic mass is 16.5. The molecule has 19 heavy (non-hydrogen) atoms. The van der Waals surface area contributed by atoms with Crippen LogP contribution >= 0.6 is 0 Å². The molecule has 0 saturated carbocycles. The topological polar surface area (TPSA) is 78.9 Å². The average Bonchev–Trinajstić information content (AvgIpc) is 2.88. The molecule has 1 saturated heterocycles. The number of amides is 2. The summed E-state index contributed by atoms with van der Waals surface area (Å²) in [5.74, 6) is -1.55. The Morgan fingerprint density at radius 2 is 2.16 bits per heavy atom. The van der Waals surface area contributed by atoms with Crippen LogP contribution in [0.1, 0.15) is 19.3 Å². The summed E-state index contributed by atoms with van der Waals surface area (Å²) in [7, 11) is 1.63. The van der Waals surface area contributed by atoms with Gasteiger partial charge in [-0.05, 0) is 19.3 Å². The van der Waals surface area contributed by atoms with Crippen LogP contribution < -0.4 is 5.32 Å². The van der Waals surface area contributed by atoms with E-state index >= 15 is 0 Å². The van der Waals surface area contributed by atoms with Gasteiger partial charge in [0, 0.05) is 13.1 Å². The lowest BCUT2D eigenvalue weighted by Gasteiger charge is -2.29. The summed E-state index contributed by atoms with van der Waals surface area (Å²) in [6.07, 6.45) is 6.91. The first-order valence-corrected chi connectivity index (χ1v) is 6.58. The van der Waals surface area contributed by atoms with E-state index in [1.54, 1.807) is 7.05 Å². The quantitative estimate of drug-likeness (QED) is 0.743. The van der Waals surface area contributed by atoms with Crippen LogP contribution in [0.5, 0.6) is 0 Å². The number of urea groups is 1. The van der Waals surface area contributed by atoms with E-state index in [0.717, 1.165) is 19.3 Å². The minimum atomic E-state index is -0.914. The van der Waals surface area contributed by atoms with E-state index in [0.29, 0.717) is 0 Å². The van der Waals surface area contributed by atoms with E-state index in [2.05, 4.69) is 17.5 Å². The molecular weight excluding hydrogens is 248 g/mol. The number of hydrogen-bond acceptors (Lipinski definition) is 3. The molecule has 2 aliphatic rings. The number of carboxylic acids is 1. The second kappa shape index (κ2) is 6.06. The van der Waals surface area contributed by atoms with Crippen LogP contribution in [0.15, 0.2) is 12.2 Å². The molecule has 0 aromatic rings. The van der Waals surface area contributed by atoms with Gasteiger partial charge in [0.05, 0.1) is 19.3 Å². The van der Waals surface area contributed by atoms with Gasteiger partial charge >= 0.3 is 12.0 Å². The van der Waals surface area contributed by atoms with Gasteiger partial charge in [0.25, 0.3) is 0 Å². The fourth-order valence-corrected chi connectivity index (χ4v) is 2.51. The summed E-state index contributed by atoms with van der Waals surface area (Å²) in [5.41, 5.74) is 0. The van der Waals surface area contributed by atoms with Crippen LogP contribution in [-0.2, 0) is 9.53 Å². The molecule has 0 aromatic carbocycles. The number of allylic oxidation sites excluding steroid dienone is 1. The van der Waals surface area contributed by atoms with E-state index < -0.39 is 17.9 Å². The summed E-state index contributed by atoms with van der Waals surface area (Å²) in [5, 5.41) is 12.0. The first-order valence-electron chi connectivity index (χ1n) is 6.58. The van der Waals surface area contributed by atoms with E-state index in [1.807, 2.05) is 0 Å². The molecule has 2 amide bonds. The zero-order chi connectivity index (χ0) is 13.8. The third-order valence-corrected chi connectivity index (χ3v) is 3.78. The minimum Gasteiger partial charge on any atom is -0.481 e. The average molecular weight is 268 g/mol. The van der Waals surface area contributed by atoms with Gasteiger partial charge in [0.15, 0.2) is 0 Å². The first-order chi connectivity index (χ1) is 9.09. The largest absolute Gasteiger partial charge is 0.481 e. The zero-order valence-electron chi connectivity index (χ0n) is 11.0. The van der Waals surface area contributed by atoms with Crippen molar-refractivity contribution in [2.24, 2.45) is 5.92 Å². The number of rotatable bonds is 3. The molecule has 1 aliphatic heterocycles. The lowest BCUT2D eigenvalue weighted by atomic mass is 10.0. The van der Waals surface area contributed by atoms with Gasteiger partial charge in [-0.1, -0.05) is 12.2 Å². The van der Waals surface area contributed by atoms with Gasteiger partial charge in [0.1, 0.15) is 5.92 Å². The number of carbonyl (C=O) groups excluding carboxylic acids is 1. The van der Waals surface area contributed by atoms with E-state index in [4.69, 9.17) is 9.84 Å². The summed E-state index contributed by atoms with van der Waals surface area (Å²) in [6.45, 7) is 0.454. The molecule has 1 aliphatic carbocycles. The summed E-state index contributed by atoms with van der Waals surface area (Å²) < 4.78 is 5.18. The van der Waals surface area contributed by atoms with Gasteiger partial charge in [-0.25, -0.2) is 4.79 Å². The number of nitrogens with zero attached hydrogens (tertiary/aromatic N) is 1. The number of ether oxygens (including phenoxy) is 1. The molecule has 1 fully saturated rings. The van der Waals surface area contributed by atoms with Gasteiger partial charge in [0.2, 0.25) is 0 Å². The highest BCUT2D eigenvalue weighted by Gasteiger charge is 2.38. The lowest BCUT2D eigenvalue weighted by Crippen LogP contribution is -2.50. The second-order valence-electron chi connectivity index (χ2n) is 5.09. The summed E-state index contributed by atoms with van der Waals surface area (Å²) >= 11 is 0. The monoisotopic (exact) mass is 268 g/mol. The van der Waals surface area contributed by atoms with Gasteiger partial charge in [-0.3, -0.25) is 4.79 Å². The SMILES string of the molecule is CN(C(=O)NC1CC=CCC1)C1COCC1C(=O)O. The Balaban J connectivity index is 1.91. The number of aliphatic carboxylic acids is 1. The van der Waals surface area contributed by atoms with Crippen molar-refractivity contribution in [3.63, 3.8) is 0 Å². The smallest absolute Gasteiger partial charge is 0.317 e. The molecule has 3 atom stereocenters. The number of carbonyl (C=O) groups is 2. The fourth-order valence-electron chi connectivity index (χ4n) is 2.51. The van der Waals surface area contributed by atoms with Crippen molar-refractivity contribution in [3.05, 3.63) is 12.2 Å². The van der Waals surface area contributed by atoms with Crippen molar-refractivity contribution >= 4 is 12.0 Å². The van der Waals surface area contributed by atoms with Crippen LogP contribution in [-0.4, -0.2) is 54.4 Å². The molecular formula is C13H20N2O4. The van der Waals surface area contributed by atoms with Gasteiger partial charge < -0.3 is 20.1 Å². The maximum Gasteiger partial charge on any atom is 0.317 e. The zero-order valence-corrected chi connectivity index (χ0v) is 11.0. The maximum absolute atomic E-state index is 12.1. The Kier molecular flexibility index (Phi) is 4.42. The van der Waals surface area contributed by atoms with Crippen LogP contribution in [0.25, 0.3) is 0 Å². The van der Waals surface area contributed by atoms with Gasteiger partial charge in [-0.15, -0.1) is 0 Å². The highest BCUT2D eigenvalue weighted by molar-refractivity contribution is 5.77. The Bertz CT molecular complexity index is 383. The third kappa shape index (κ3) is 3.26. The third-order valence-electron chi connectivity index (χ3n) is 3.78. The molecule has 2 N–H and O–H groups in total. The van der Waals surface area contributed by atoms with Crippen molar-refractivity contribution in [1.29, 1.82) is 0 Å². The van der Waals surface area contributed by atoms with E-state index in [1.165, 1.54) is 4.90 Å². The molecule has 3 unspecified atom stereocenters. The van der Waals surface area contributed by atoms with Crippen molar-refractivity contribution < 1.29 is 19.4 Å². The van der Waals surface area contributed by atoms with Crippen LogP contribution in [0.2, 0.25) is 0 Å². The molecule has 1 heterocycles. The molecule has 0 spiro atoms. The number of nitrogens with one attached hydrogen (secondary N) is 1. The van der Waals surface area contributed by atoms with Crippen LogP contribution in [0.3, 0.4) is 0 Å². The number of likely N-dealkylation sites (N-methyl/N-ethyl adjacent to an activating group) is 1. The van der Waals surface area contributed by atoms with Crippen molar-refractivity contribution in [2.45, 2.75) is 31.3 Å². The number of carboxylic acid groups (broad SMARTS) is 1. The van der Waals surface area contributed by atoms with E-state index in [-0.39, 0.29) is 25.3 Å². The van der Waals surface area contributed by atoms with Crippen molar-refractivity contribution in [2.75, 3.05) is 20.3 Å². The molecule has 6 nitrogen and oxygen atoms in total. The molecule has 0 bridgehead atoms.